The molecule has 6 aliphatic carbocycles. The van der Waals surface area contributed by atoms with Crippen molar-refractivity contribution in [1.82, 2.24) is 0 Å². The molecule has 7 aliphatic rings. The van der Waals surface area contributed by atoms with Crippen LogP contribution in [0.15, 0.2) is 23.8 Å². The van der Waals surface area contributed by atoms with Crippen LogP contribution < -0.4 is 0 Å². The van der Waals surface area contributed by atoms with E-state index < -0.39 is 69.3 Å². The first-order chi connectivity index (χ1) is 25.0. The van der Waals surface area contributed by atoms with E-state index in [0.717, 1.165) is 12.8 Å². The smallest absolute Gasteiger partial charge is 0.160 e. The molecule has 1 aromatic carbocycles. The van der Waals surface area contributed by atoms with Gasteiger partial charge in [-0.1, -0.05) is 40.5 Å². The number of hydrogen-bond acceptors (Lipinski definition) is 11. The number of allylic oxidation sites excluding steroid dienone is 1. The van der Waals surface area contributed by atoms with Gasteiger partial charge >= 0.3 is 0 Å². The highest BCUT2D eigenvalue weighted by molar-refractivity contribution is 5.96. The van der Waals surface area contributed by atoms with E-state index in [1.165, 1.54) is 6.07 Å². The van der Waals surface area contributed by atoms with Gasteiger partial charge in [-0.05, 0) is 97.0 Å². The molecule has 15 atom stereocenters. The van der Waals surface area contributed by atoms with Crippen LogP contribution in [0.3, 0.4) is 0 Å². The van der Waals surface area contributed by atoms with E-state index in [0.29, 0.717) is 55.2 Å². The number of aromatic hydroxyl groups is 2. The lowest BCUT2D eigenvalue weighted by atomic mass is 9.41. The maximum Gasteiger partial charge on any atom is 0.160 e. The number of phenolic OH excluding ortho intramolecular Hbond substituents is 2. The number of benzene rings is 1. The van der Waals surface area contributed by atoms with Crippen LogP contribution in [0.25, 0.3) is 0 Å². The molecule has 5 fully saturated rings. The average Bonchev–Trinajstić information content (AvgIpc) is 3.43. The van der Waals surface area contributed by atoms with Gasteiger partial charge in [-0.15, -0.1) is 0 Å². The van der Waals surface area contributed by atoms with Gasteiger partial charge in [0.15, 0.2) is 5.78 Å². The molecule has 1 aromatic rings. The van der Waals surface area contributed by atoms with Gasteiger partial charge in [0.25, 0.3) is 0 Å². The molecule has 0 radical (unpaired) electrons. The lowest BCUT2D eigenvalue weighted by Gasteiger charge is -2.65. The quantitative estimate of drug-likeness (QED) is 0.199. The van der Waals surface area contributed by atoms with E-state index in [2.05, 4.69) is 6.92 Å². The highest BCUT2D eigenvalue weighted by Crippen LogP contribution is 2.74. The van der Waals surface area contributed by atoms with Crippen LogP contribution in [-0.4, -0.2) is 107 Å². The van der Waals surface area contributed by atoms with E-state index in [4.69, 9.17) is 9.47 Å². The van der Waals surface area contributed by atoms with Crippen LogP contribution in [0.1, 0.15) is 109 Å². The summed E-state index contributed by atoms with van der Waals surface area (Å²) in [5.41, 5.74) is -6.03. The number of fused-ring (bicyclic) bond motifs is 11. The monoisotopic (exact) mass is 740 g/mol. The molecular weight excluding hydrogens is 680 g/mol. The minimum absolute atomic E-state index is 0.00852. The van der Waals surface area contributed by atoms with Gasteiger partial charge < -0.3 is 50.3 Å². The molecule has 294 valence electrons. The van der Waals surface area contributed by atoms with Gasteiger partial charge in [-0.25, -0.2) is 0 Å². The van der Waals surface area contributed by atoms with Gasteiger partial charge in [0.05, 0.1) is 29.5 Å². The number of hydrogen-bond donors (Lipinski definition) is 8. The molecule has 0 aromatic heterocycles. The van der Waals surface area contributed by atoms with Gasteiger partial charge in [-0.3, -0.25) is 4.79 Å². The van der Waals surface area contributed by atoms with Crippen LogP contribution >= 0.6 is 0 Å². The summed E-state index contributed by atoms with van der Waals surface area (Å²) in [6, 6.07) is 2.84. The second kappa shape index (κ2) is 12.5. The average molecular weight is 741 g/mol. The number of aliphatic hydroxyl groups is 6. The normalized spacial score (nSPS) is 50.0. The molecule has 1 heterocycles. The molecular formula is C42H60O11. The molecule has 8 rings (SSSR count). The van der Waals surface area contributed by atoms with Crippen LogP contribution in [0.2, 0.25) is 0 Å². The summed E-state index contributed by atoms with van der Waals surface area (Å²) in [5, 5.41) is 92.6. The Kier molecular flexibility index (Phi) is 8.89. The fraction of sp³-hybridized carbons (Fsp3) is 0.786. The Morgan fingerprint density at radius 2 is 1.72 bits per heavy atom. The fourth-order valence-corrected chi connectivity index (χ4v) is 13.9. The number of rotatable bonds is 6. The zero-order chi connectivity index (χ0) is 38.1. The summed E-state index contributed by atoms with van der Waals surface area (Å²) in [5.74, 6) is -2.90. The fourth-order valence-electron chi connectivity index (χ4n) is 13.9. The van der Waals surface area contributed by atoms with Gasteiger partial charge in [0, 0.05) is 61.9 Å². The Bertz CT molecular complexity index is 1680. The van der Waals surface area contributed by atoms with Crippen molar-refractivity contribution in [1.29, 1.82) is 0 Å². The van der Waals surface area contributed by atoms with E-state index >= 15 is 0 Å². The number of phenols is 2. The summed E-state index contributed by atoms with van der Waals surface area (Å²) < 4.78 is 13.4. The minimum Gasteiger partial charge on any atom is -0.508 e. The first-order valence-electron chi connectivity index (χ1n) is 20.1. The third-order valence-electron chi connectivity index (χ3n) is 16.6. The van der Waals surface area contributed by atoms with E-state index in [9.17, 15) is 45.6 Å². The summed E-state index contributed by atoms with van der Waals surface area (Å²) >= 11 is 0. The molecule has 1 saturated heterocycles. The number of aliphatic hydroxyl groups excluding tert-OH is 3. The van der Waals surface area contributed by atoms with Crippen molar-refractivity contribution >= 4 is 5.78 Å². The lowest BCUT2D eigenvalue weighted by molar-refractivity contribution is -0.235. The van der Waals surface area contributed by atoms with Crippen molar-refractivity contribution in [2.24, 2.45) is 40.4 Å². The maximum atomic E-state index is 14.9. The SMILES string of the molecule is CC1CCCC2(OC3CC4(O)C5=CC(=O)C6C7c8cc(O)cc(O)c8CCC7(O)C(OCCCO)CC6(C)C5CCC4(C)C3C2(O)CCO)C(O)C1C. The van der Waals surface area contributed by atoms with Gasteiger partial charge in [-0.2, -0.15) is 0 Å². The van der Waals surface area contributed by atoms with Crippen molar-refractivity contribution in [2.75, 3.05) is 19.8 Å². The number of ether oxygens (including phenoxy) is 2. The van der Waals surface area contributed by atoms with Gasteiger partial charge in [0.2, 0.25) is 0 Å². The zero-order valence-electron chi connectivity index (χ0n) is 31.6. The van der Waals surface area contributed by atoms with Crippen molar-refractivity contribution in [2.45, 2.75) is 145 Å². The number of ketones is 1. The lowest BCUT2D eigenvalue weighted by Crippen LogP contribution is -2.69. The molecule has 1 aliphatic heterocycles. The van der Waals surface area contributed by atoms with Crippen LogP contribution in [0.5, 0.6) is 11.5 Å². The Morgan fingerprint density at radius 3 is 2.43 bits per heavy atom. The van der Waals surface area contributed by atoms with E-state index in [1.54, 1.807) is 12.1 Å². The van der Waals surface area contributed by atoms with Crippen molar-refractivity contribution in [3.8, 4) is 11.5 Å². The Hall–Kier alpha value is -2.09. The predicted octanol–water partition coefficient (Wildman–Crippen LogP) is 3.40. The highest BCUT2D eigenvalue weighted by atomic mass is 16.6. The molecule has 1 spiro atoms. The molecule has 4 saturated carbocycles. The largest absolute Gasteiger partial charge is 0.508 e. The highest BCUT2D eigenvalue weighted by Gasteiger charge is 2.80. The van der Waals surface area contributed by atoms with Gasteiger partial charge in [0.1, 0.15) is 22.7 Å². The third kappa shape index (κ3) is 4.77. The standard InChI is InChI=1S/C42H60O11/c1-22-7-5-10-42(36(48)23(22)2)40(50,13-15-44)35-31(53-42)20-41(51)28-19-30(47)34-33-26-17-24(45)18-29(46)25(26)8-12-39(33,49)32(52-16-6-14-43)21-37(34,3)27(28)9-11-38(35,41)4/h17-19,22-23,27,31-36,43-46,48-51H,5-16,20-21H2,1-4H3. The first-order valence-corrected chi connectivity index (χ1v) is 20.1. The van der Waals surface area contributed by atoms with Crippen LogP contribution in [0, 0.1) is 40.4 Å². The zero-order valence-corrected chi connectivity index (χ0v) is 31.6. The molecule has 53 heavy (non-hydrogen) atoms. The summed E-state index contributed by atoms with van der Waals surface area (Å²) in [6.07, 6.45) is 3.80. The van der Waals surface area contributed by atoms with Crippen molar-refractivity contribution in [3.05, 3.63) is 34.9 Å². The Balaban J connectivity index is 1.23. The first kappa shape index (κ1) is 37.8. The molecule has 11 nitrogen and oxygen atoms in total. The van der Waals surface area contributed by atoms with Crippen molar-refractivity contribution < 1.29 is 55.1 Å². The van der Waals surface area contributed by atoms with Crippen LogP contribution in [-0.2, 0) is 20.7 Å². The van der Waals surface area contributed by atoms with Crippen LogP contribution in [0.4, 0.5) is 0 Å². The second-order valence-corrected chi connectivity index (χ2v) is 18.8. The predicted molar refractivity (Wildman–Crippen MR) is 193 cm³/mol. The molecule has 0 bridgehead atoms. The summed E-state index contributed by atoms with van der Waals surface area (Å²) in [6.45, 7) is 7.95. The summed E-state index contributed by atoms with van der Waals surface area (Å²) in [4.78, 5) is 14.9. The van der Waals surface area contributed by atoms with E-state index in [-0.39, 0.29) is 74.1 Å². The Labute approximate surface area is 312 Å². The molecule has 0 amide bonds. The minimum atomic E-state index is -1.63. The molecule has 15 unspecified atom stereocenters. The maximum absolute atomic E-state index is 14.9. The second-order valence-electron chi connectivity index (χ2n) is 18.8. The number of carbonyl (C=O) groups is 1. The Morgan fingerprint density at radius 1 is 0.962 bits per heavy atom. The number of carbonyl (C=O) groups excluding carboxylic acids is 1. The topological polar surface area (TPSA) is 197 Å². The van der Waals surface area contributed by atoms with E-state index in [1.807, 2.05) is 20.8 Å². The third-order valence-corrected chi connectivity index (χ3v) is 16.6. The molecule has 11 heteroatoms. The van der Waals surface area contributed by atoms with Crippen molar-refractivity contribution in [3.63, 3.8) is 0 Å². The molecule has 8 N–H and O–H groups in total. The summed E-state index contributed by atoms with van der Waals surface area (Å²) in [7, 11) is 0.